The minimum atomic E-state index is -0.627. The Balaban J connectivity index is 3.02. The monoisotopic (exact) mass is 195 g/mol. The molecule has 0 saturated carbocycles. The van der Waals surface area contributed by atoms with Crippen molar-refractivity contribution in [3.05, 3.63) is 35.0 Å². The maximum atomic E-state index is 10.5. The van der Waals surface area contributed by atoms with Gasteiger partial charge in [-0.25, -0.2) is 0 Å². The molecule has 0 atom stereocenters. The van der Waals surface area contributed by atoms with Gasteiger partial charge in [0.15, 0.2) is 6.20 Å². The molecule has 0 aliphatic heterocycles. The predicted molar refractivity (Wildman–Crippen MR) is 51.0 cm³/mol. The number of anilines is 1. The van der Waals surface area contributed by atoms with Crippen LogP contribution in [-0.4, -0.2) is 16.5 Å². The van der Waals surface area contributed by atoms with Gasteiger partial charge in [0.1, 0.15) is 6.61 Å². The van der Waals surface area contributed by atoms with Gasteiger partial charge < -0.3 is 20.6 Å². The van der Waals surface area contributed by atoms with E-state index in [0.29, 0.717) is 5.69 Å². The molecule has 0 aliphatic carbocycles. The quantitative estimate of drug-likeness (QED) is 0.441. The third-order valence-corrected chi connectivity index (χ3v) is 1.38. The molecular formula is C8H9N3O3. The second-order valence-corrected chi connectivity index (χ2v) is 2.45. The summed E-state index contributed by atoms with van der Waals surface area (Å²) in [5.74, 6) is -0.295. The highest BCUT2D eigenvalue weighted by Gasteiger charge is 2.16. The van der Waals surface area contributed by atoms with Crippen molar-refractivity contribution in [2.45, 2.75) is 0 Å². The van der Waals surface area contributed by atoms with E-state index in [2.05, 4.69) is 11.6 Å². The Hall–Kier alpha value is -2.11. The molecule has 1 aromatic rings. The fraction of sp³-hybridized carbons (Fsp3) is 0.125. The molecule has 0 radical (unpaired) electrons. The van der Waals surface area contributed by atoms with Crippen LogP contribution in [0.5, 0.6) is 5.75 Å². The fourth-order valence-electron chi connectivity index (χ4n) is 0.845. The first kappa shape index (κ1) is 9.97. The first-order chi connectivity index (χ1) is 6.65. The highest BCUT2D eigenvalue weighted by atomic mass is 16.6. The highest BCUT2D eigenvalue weighted by molar-refractivity contribution is 5.49. The van der Waals surface area contributed by atoms with Gasteiger partial charge in [0.2, 0.25) is 5.75 Å². The molecule has 1 rings (SSSR count). The van der Waals surface area contributed by atoms with E-state index in [1.54, 1.807) is 0 Å². The standard InChI is InChI=1S/C8H9N3O3/c1-2-3-14-7-4-6(9)5-10-8(7)11(12)13/h2,4-5H,1,3,9H2. The number of nitrogens with zero attached hydrogens (tertiary/aromatic N) is 2. The van der Waals surface area contributed by atoms with Crippen LogP contribution in [0.1, 0.15) is 0 Å². The predicted octanol–water partition coefficient (Wildman–Crippen LogP) is 1.14. The fourth-order valence-corrected chi connectivity index (χ4v) is 0.845. The Labute approximate surface area is 80.2 Å². The van der Waals surface area contributed by atoms with Crippen LogP contribution < -0.4 is 10.5 Å². The summed E-state index contributed by atoms with van der Waals surface area (Å²) in [5, 5.41) is 10.5. The number of rotatable bonds is 4. The minimum Gasteiger partial charge on any atom is -0.481 e. The van der Waals surface area contributed by atoms with E-state index >= 15 is 0 Å². The third kappa shape index (κ3) is 2.19. The van der Waals surface area contributed by atoms with Crippen molar-refractivity contribution < 1.29 is 9.66 Å². The number of aromatic nitrogens is 1. The highest BCUT2D eigenvalue weighted by Crippen LogP contribution is 2.25. The van der Waals surface area contributed by atoms with E-state index in [9.17, 15) is 10.1 Å². The largest absolute Gasteiger partial charge is 0.481 e. The summed E-state index contributed by atoms with van der Waals surface area (Å²) in [4.78, 5) is 13.4. The maximum Gasteiger partial charge on any atom is 0.406 e. The van der Waals surface area contributed by atoms with E-state index in [4.69, 9.17) is 10.5 Å². The molecule has 0 spiro atoms. The topological polar surface area (TPSA) is 91.3 Å². The summed E-state index contributed by atoms with van der Waals surface area (Å²) < 4.78 is 5.03. The molecule has 0 fully saturated rings. The van der Waals surface area contributed by atoms with Crippen molar-refractivity contribution in [1.29, 1.82) is 0 Å². The first-order valence-electron chi connectivity index (χ1n) is 3.78. The lowest BCUT2D eigenvalue weighted by molar-refractivity contribution is -0.390. The summed E-state index contributed by atoms with van der Waals surface area (Å²) in [6.07, 6.45) is 2.69. The molecule has 14 heavy (non-hydrogen) atoms. The molecule has 6 nitrogen and oxygen atoms in total. The Bertz CT molecular complexity index is 365. The van der Waals surface area contributed by atoms with Gasteiger partial charge in [-0.15, -0.1) is 0 Å². The molecule has 0 saturated heterocycles. The van der Waals surface area contributed by atoms with Crippen molar-refractivity contribution in [3.8, 4) is 5.75 Å². The maximum absolute atomic E-state index is 10.5. The number of nitrogens with two attached hydrogens (primary N) is 1. The molecule has 0 aromatic carbocycles. The van der Waals surface area contributed by atoms with Gasteiger partial charge in [-0.3, -0.25) is 0 Å². The van der Waals surface area contributed by atoms with Crippen LogP contribution >= 0.6 is 0 Å². The van der Waals surface area contributed by atoms with Crippen molar-refractivity contribution in [3.63, 3.8) is 0 Å². The molecule has 1 aromatic heterocycles. The third-order valence-electron chi connectivity index (χ3n) is 1.38. The second-order valence-electron chi connectivity index (χ2n) is 2.45. The number of nitrogen functional groups attached to an aromatic ring is 1. The van der Waals surface area contributed by atoms with Crippen molar-refractivity contribution in [1.82, 2.24) is 4.98 Å². The van der Waals surface area contributed by atoms with Crippen molar-refractivity contribution >= 4 is 11.5 Å². The lowest BCUT2D eigenvalue weighted by Crippen LogP contribution is -2.01. The van der Waals surface area contributed by atoms with Crippen LogP contribution in [0.15, 0.2) is 24.9 Å². The number of hydrogen-bond donors (Lipinski definition) is 1. The van der Waals surface area contributed by atoms with Crippen LogP contribution in [0.2, 0.25) is 0 Å². The Morgan fingerprint density at radius 1 is 1.79 bits per heavy atom. The van der Waals surface area contributed by atoms with Crippen LogP contribution in [0, 0.1) is 10.1 Å². The summed E-state index contributed by atoms with van der Waals surface area (Å²) in [6, 6.07) is 1.36. The molecule has 0 unspecified atom stereocenters. The summed E-state index contributed by atoms with van der Waals surface area (Å²) in [7, 11) is 0. The first-order valence-corrected chi connectivity index (χ1v) is 3.78. The Kier molecular flexibility index (Phi) is 3.01. The van der Waals surface area contributed by atoms with Crippen LogP contribution in [-0.2, 0) is 0 Å². The van der Waals surface area contributed by atoms with Crippen LogP contribution in [0.4, 0.5) is 11.5 Å². The zero-order valence-electron chi connectivity index (χ0n) is 7.34. The van der Waals surface area contributed by atoms with Crippen LogP contribution in [0.25, 0.3) is 0 Å². The Morgan fingerprint density at radius 2 is 2.50 bits per heavy atom. The van der Waals surface area contributed by atoms with Gasteiger partial charge in [0.05, 0.1) is 5.69 Å². The lowest BCUT2D eigenvalue weighted by atomic mass is 10.4. The van der Waals surface area contributed by atoms with Gasteiger partial charge >= 0.3 is 5.82 Å². The number of nitro groups is 1. The number of pyridine rings is 1. The molecule has 2 N–H and O–H groups in total. The molecule has 74 valence electrons. The van der Waals surface area contributed by atoms with Crippen molar-refractivity contribution in [2.24, 2.45) is 0 Å². The van der Waals surface area contributed by atoms with E-state index in [1.807, 2.05) is 0 Å². The zero-order chi connectivity index (χ0) is 10.6. The SMILES string of the molecule is C=CCOc1cc(N)cnc1[N+](=O)[O-]. The van der Waals surface area contributed by atoms with E-state index in [0.717, 1.165) is 0 Å². The average Bonchev–Trinajstić information content (AvgIpc) is 2.14. The Morgan fingerprint density at radius 3 is 3.07 bits per heavy atom. The van der Waals surface area contributed by atoms with Gasteiger partial charge in [-0.1, -0.05) is 12.7 Å². The van der Waals surface area contributed by atoms with E-state index < -0.39 is 4.92 Å². The number of ether oxygens (including phenoxy) is 1. The number of hydrogen-bond acceptors (Lipinski definition) is 5. The van der Waals surface area contributed by atoms with Crippen LogP contribution in [0.3, 0.4) is 0 Å². The molecule has 0 amide bonds. The molecule has 6 heteroatoms. The summed E-state index contributed by atoms with van der Waals surface area (Å²) in [5.41, 5.74) is 5.72. The van der Waals surface area contributed by atoms with Crippen molar-refractivity contribution in [2.75, 3.05) is 12.3 Å². The summed E-state index contributed by atoms with van der Waals surface area (Å²) in [6.45, 7) is 3.60. The van der Waals surface area contributed by atoms with Gasteiger partial charge in [0, 0.05) is 6.07 Å². The van der Waals surface area contributed by atoms with Gasteiger partial charge in [-0.05, 0) is 9.91 Å². The summed E-state index contributed by atoms with van der Waals surface area (Å²) >= 11 is 0. The average molecular weight is 195 g/mol. The van der Waals surface area contributed by atoms with Gasteiger partial charge in [0.25, 0.3) is 0 Å². The van der Waals surface area contributed by atoms with E-state index in [-0.39, 0.29) is 18.2 Å². The zero-order valence-corrected chi connectivity index (χ0v) is 7.34. The second kappa shape index (κ2) is 4.22. The molecule has 0 bridgehead atoms. The lowest BCUT2D eigenvalue weighted by Gasteiger charge is -2.03. The molecule has 0 aliphatic rings. The van der Waals surface area contributed by atoms with E-state index in [1.165, 1.54) is 18.3 Å². The van der Waals surface area contributed by atoms with Gasteiger partial charge in [-0.2, -0.15) is 0 Å². The smallest absolute Gasteiger partial charge is 0.406 e. The molecule has 1 heterocycles. The molecular weight excluding hydrogens is 186 g/mol. The minimum absolute atomic E-state index is 0.0508. The normalized spacial score (nSPS) is 9.43.